The first-order valence-corrected chi connectivity index (χ1v) is 22.1. The van der Waals surface area contributed by atoms with E-state index in [2.05, 4.69) is 72.7 Å². The van der Waals surface area contributed by atoms with Crippen molar-refractivity contribution < 1.29 is 19.1 Å². The third kappa shape index (κ3) is 8.73. The monoisotopic (exact) mass is 717 g/mol. The Morgan fingerprint density at radius 3 is 1.40 bits per heavy atom. The summed E-state index contributed by atoms with van der Waals surface area (Å²) >= 11 is 0. The zero-order valence-corrected chi connectivity index (χ0v) is 34.6. The molecule has 0 heterocycles. The summed E-state index contributed by atoms with van der Waals surface area (Å²) in [4.78, 5) is 25.0. The van der Waals surface area contributed by atoms with Gasteiger partial charge >= 0.3 is 5.97 Å². The first-order valence-electron chi connectivity index (χ1n) is 22.1. The number of carbonyl (C=O) groups excluding carboxylic acids is 2. The Balaban J connectivity index is 1.04. The van der Waals surface area contributed by atoms with E-state index in [-0.39, 0.29) is 18.0 Å². The number of Topliss-reactive ketones (excluding diaryl/α,β-unsaturated/α-hetero) is 1. The molecule has 0 amide bonds. The predicted molar refractivity (Wildman–Crippen MR) is 212 cm³/mol. The highest BCUT2D eigenvalue weighted by atomic mass is 16.5. The summed E-state index contributed by atoms with van der Waals surface area (Å²) in [5, 5.41) is 0. The fourth-order valence-electron chi connectivity index (χ4n) is 14.1. The summed E-state index contributed by atoms with van der Waals surface area (Å²) in [5.74, 6) is 12.2. The zero-order valence-electron chi connectivity index (χ0n) is 34.6. The van der Waals surface area contributed by atoms with Crippen molar-refractivity contribution in [2.75, 3.05) is 7.11 Å². The lowest BCUT2D eigenvalue weighted by Crippen LogP contribution is -2.46. The van der Waals surface area contributed by atoms with Gasteiger partial charge in [0.15, 0.2) is 0 Å². The van der Waals surface area contributed by atoms with Crippen molar-refractivity contribution in [2.24, 2.45) is 101 Å². The average molecular weight is 717 g/mol. The Morgan fingerprint density at radius 2 is 0.962 bits per heavy atom. The molecule has 4 nitrogen and oxygen atoms in total. The molecule has 52 heavy (non-hydrogen) atoms. The molecule has 4 heteroatoms. The minimum atomic E-state index is -0.149. The van der Waals surface area contributed by atoms with Crippen LogP contribution in [0, 0.1) is 101 Å². The Hall–Kier alpha value is -1.68. The molecular weight excluding hydrogens is 641 g/mol. The standard InChI is InChI=1S/C48H76O4/c1-28-19-37(15-17-39(28)35(8)49)41-20-31(4)43(22-29(41)2)45-24-34(7)46(25-33(45)6)44-23-30(3)42(21-32(44)5)38-16-18-40(48(50)51-9)47(26-38)52-27-36-13-11-10-12-14-36/h10-14,28-34,37-47H,15-27H2,1-9H3. The van der Waals surface area contributed by atoms with Crippen LogP contribution in [0.25, 0.3) is 0 Å². The maximum atomic E-state index is 12.8. The molecular formula is C48H76O4. The van der Waals surface area contributed by atoms with E-state index in [0.717, 1.165) is 103 Å². The van der Waals surface area contributed by atoms with Gasteiger partial charge in [-0.2, -0.15) is 0 Å². The molecule has 5 aliphatic rings. The minimum absolute atomic E-state index is 0.0618. The molecule has 5 aliphatic carbocycles. The minimum Gasteiger partial charge on any atom is -0.469 e. The van der Waals surface area contributed by atoms with Crippen molar-refractivity contribution in [1.82, 2.24) is 0 Å². The molecule has 5 fully saturated rings. The van der Waals surface area contributed by atoms with E-state index in [1.54, 1.807) is 0 Å². The number of ketones is 1. The van der Waals surface area contributed by atoms with Gasteiger partial charge in [-0.15, -0.1) is 0 Å². The molecule has 0 aromatic heterocycles. The second kappa shape index (κ2) is 17.4. The highest BCUT2D eigenvalue weighted by Gasteiger charge is 2.49. The summed E-state index contributed by atoms with van der Waals surface area (Å²) in [6.45, 7) is 20.3. The molecule has 1 aromatic rings. The first-order chi connectivity index (χ1) is 24.9. The van der Waals surface area contributed by atoms with E-state index in [1.807, 2.05) is 13.0 Å². The van der Waals surface area contributed by atoms with Crippen LogP contribution in [0.15, 0.2) is 30.3 Å². The molecule has 5 saturated carbocycles. The van der Waals surface area contributed by atoms with Gasteiger partial charge < -0.3 is 9.47 Å². The topological polar surface area (TPSA) is 52.6 Å². The second-order valence-electron chi connectivity index (χ2n) is 20.1. The molecule has 0 N–H and O–H groups in total. The molecule has 0 saturated heterocycles. The van der Waals surface area contributed by atoms with Gasteiger partial charge in [0.1, 0.15) is 5.78 Å². The smallest absolute Gasteiger partial charge is 0.311 e. The maximum absolute atomic E-state index is 12.8. The molecule has 0 bridgehead atoms. The zero-order chi connectivity index (χ0) is 37.3. The van der Waals surface area contributed by atoms with Gasteiger partial charge in [-0.05, 0) is 178 Å². The van der Waals surface area contributed by atoms with Gasteiger partial charge in [-0.1, -0.05) is 78.8 Å². The van der Waals surface area contributed by atoms with E-state index in [1.165, 1.54) is 64.0 Å². The number of hydrogen-bond donors (Lipinski definition) is 0. The number of benzene rings is 1. The number of hydrogen-bond acceptors (Lipinski definition) is 4. The quantitative estimate of drug-likeness (QED) is 0.239. The van der Waals surface area contributed by atoms with E-state index in [0.29, 0.717) is 30.1 Å². The summed E-state index contributed by atoms with van der Waals surface area (Å²) in [5.41, 5.74) is 1.17. The van der Waals surface area contributed by atoms with Crippen LogP contribution in [0.4, 0.5) is 0 Å². The lowest BCUT2D eigenvalue weighted by Gasteiger charge is -2.53. The lowest BCUT2D eigenvalue weighted by atomic mass is 9.52. The Kier molecular flexibility index (Phi) is 13.4. The van der Waals surface area contributed by atoms with Gasteiger partial charge in [-0.25, -0.2) is 0 Å². The van der Waals surface area contributed by atoms with Crippen molar-refractivity contribution in [3.63, 3.8) is 0 Å². The van der Waals surface area contributed by atoms with Crippen LogP contribution >= 0.6 is 0 Å². The lowest BCUT2D eigenvalue weighted by molar-refractivity contribution is -0.156. The van der Waals surface area contributed by atoms with Gasteiger partial charge in [0.25, 0.3) is 0 Å². The van der Waals surface area contributed by atoms with E-state index in [4.69, 9.17) is 9.47 Å². The number of methoxy groups -OCH3 is 1. The molecule has 18 unspecified atom stereocenters. The fraction of sp³-hybridized carbons (Fsp3) is 0.833. The normalized spacial score (nSPS) is 45.9. The molecule has 1 aromatic carbocycles. The first kappa shape index (κ1) is 40.0. The van der Waals surface area contributed by atoms with Crippen LogP contribution in [-0.2, 0) is 25.7 Å². The number of ether oxygens (including phenoxy) is 2. The predicted octanol–water partition coefficient (Wildman–Crippen LogP) is 11.7. The number of rotatable bonds is 9. The average Bonchev–Trinajstić information content (AvgIpc) is 3.13. The van der Waals surface area contributed by atoms with Crippen molar-refractivity contribution in [3.8, 4) is 0 Å². The molecule has 292 valence electrons. The van der Waals surface area contributed by atoms with E-state index >= 15 is 0 Å². The Labute approximate surface area is 318 Å². The highest BCUT2D eigenvalue weighted by Crippen LogP contribution is 2.57. The van der Waals surface area contributed by atoms with E-state index < -0.39 is 0 Å². The molecule has 0 spiro atoms. The molecule has 18 atom stereocenters. The summed E-state index contributed by atoms with van der Waals surface area (Å²) < 4.78 is 11.8. The number of carbonyl (C=O) groups is 2. The van der Waals surface area contributed by atoms with Crippen LogP contribution in [0.3, 0.4) is 0 Å². The van der Waals surface area contributed by atoms with Gasteiger partial charge in [0.2, 0.25) is 0 Å². The number of esters is 1. The van der Waals surface area contributed by atoms with E-state index in [9.17, 15) is 9.59 Å². The summed E-state index contributed by atoms with van der Waals surface area (Å²) in [7, 11) is 1.53. The fourth-order valence-corrected chi connectivity index (χ4v) is 14.1. The largest absolute Gasteiger partial charge is 0.469 e. The Bertz CT molecular complexity index is 1310. The third-order valence-electron chi connectivity index (χ3n) is 16.9. The van der Waals surface area contributed by atoms with Gasteiger partial charge in [0.05, 0.1) is 25.7 Å². The second-order valence-corrected chi connectivity index (χ2v) is 20.1. The summed E-state index contributed by atoms with van der Waals surface area (Å²) in [6.07, 6.45) is 15.0. The van der Waals surface area contributed by atoms with Crippen molar-refractivity contribution in [2.45, 2.75) is 145 Å². The Morgan fingerprint density at radius 1 is 0.538 bits per heavy atom. The summed E-state index contributed by atoms with van der Waals surface area (Å²) in [6, 6.07) is 10.4. The van der Waals surface area contributed by atoms with Crippen LogP contribution in [0.5, 0.6) is 0 Å². The van der Waals surface area contributed by atoms with Crippen molar-refractivity contribution in [3.05, 3.63) is 35.9 Å². The van der Waals surface area contributed by atoms with Crippen molar-refractivity contribution in [1.29, 1.82) is 0 Å². The van der Waals surface area contributed by atoms with Gasteiger partial charge in [0, 0.05) is 5.92 Å². The van der Waals surface area contributed by atoms with Gasteiger partial charge in [-0.3, -0.25) is 9.59 Å². The van der Waals surface area contributed by atoms with Crippen LogP contribution in [0.2, 0.25) is 0 Å². The molecule has 0 radical (unpaired) electrons. The molecule has 6 rings (SSSR count). The maximum Gasteiger partial charge on any atom is 0.311 e. The van der Waals surface area contributed by atoms with Crippen LogP contribution in [-0.4, -0.2) is 25.0 Å². The SMILES string of the molecule is COC(=O)C1CCC(C2CC(C)C(C3CC(C)C(C4CC(C)C(C5CCC(C(C)=O)C(C)C5)CC4C)CC3C)CC2C)CC1OCc1ccccc1. The molecule has 0 aliphatic heterocycles. The highest BCUT2D eigenvalue weighted by molar-refractivity contribution is 5.78. The van der Waals surface area contributed by atoms with Crippen LogP contribution < -0.4 is 0 Å². The third-order valence-corrected chi connectivity index (χ3v) is 16.9. The van der Waals surface area contributed by atoms with Crippen LogP contribution in [0.1, 0.15) is 138 Å². The van der Waals surface area contributed by atoms with Crippen molar-refractivity contribution >= 4 is 11.8 Å².